The van der Waals surface area contributed by atoms with E-state index in [1.807, 2.05) is 32.6 Å². The van der Waals surface area contributed by atoms with Gasteiger partial charge in [-0.05, 0) is 6.92 Å². The van der Waals surface area contributed by atoms with E-state index in [-0.39, 0.29) is 17.4 Å². The summed E-state index contributed by atoms with van der Waals surface area (Å²) >= 11 is 0. The minimum Gasteiger partial charge on any atom is -0.465 e. The second-order valence-electron chi connectivity index (χ2n) is 6.21. The average molecular weight is 296 g/mol. The normalized spacial score (nSPS) is 20.5. The van der Waals surface area contributed by atoms with Gasteiger partial charge in [0.25, 0.3) is 0 Å². The van der Waals surface area contributed by atoms with Gasteiger partial charge in [-0.2, -0.15) is 4.98 Å². The molecule has 0 spiro atoms. The van der Waals surface area contributed by atoms with Gasteiger partial charge in [-0.15, -0.1) is 0 Å². The molecule has 1 aliphatic rings. The maximum absolute atomic E-state index is 12.0. The summed E-state index contributed by atoms with van der Waals surface area (Å²) in [6.07, 6.45) is 0. The number of esters is 1. The fourth-order valence-electron chi connectivity index (χ4n) is 2.21. The SMILES string of the molecule is CCOC(=O)C1CNCCN1Cc1noc(C(C)(C)C)n1. The van der Waals surface area contributed by atoms with Crippen LogP contribution >= 0.6 is 0 Å². The van der Waals surface area contributed by atoms with Crippen LogP contribution in [0.1, 0.15) is 39.4 Å². The number of nitrogens with one attached hydrogen (secondary N) is 1. The Kier molecular flexibility index (Phi) is 4.95. The van der Waals surface area contributed by atoms with Crippen LogP contribution in [-0.2, 0) is 21.5 Å². The third-order valence-corrected chi connectivity index (χ3v) is 3.37. The highest BCUT2D eigenvalue weighted by atomic mass is 16.5. The highest BCUT2D eigenvalue weighted by Gasteiger charge is 2.31. The molecule has 1 N–H and O–H groups in total. The number of hydrogen-bond acceptors (Lipinski definition) is 7. The molecule has 1 aromatic heterocycles. The van der Waals surface area contributed by atoms with Gasteiger partial charge >= 0.3 is 5.97 Å². The fourth-order valence-corrected chi connectivity index (χ4v) is 2.21. The third kappa shape index (κ3) is 4.01. The second kappa shape index (κ2) is 6.53. The van der Waals surface area contributed by atoms with Crippen LogP contribution in [0.3, 0.4) is 0 Å². The van der Waals surface area contributed by atoms with E-state index < -0.39 is 0 Å². The summed E-state index contributed by atoms with van der Waals surface area (Å²) in [5.74, 6) is 1.01. The minimum absolute atomic E-state index is 0.171. The summed E-state index contributed by atoms with van der Waals surface area (Å²) < 4.78 is 10.4. The lowest BCUT2D eigenvalue weighted by Gasteiger charge is -2.33. The summed E-state index contributed by atoms with van der Waals surface area (Å²) in [5.41, 5.74) is -0.171. The van der Waals surface area contributed by atoms with Crippen LogP contribution in [0.15, 0.2) is 4.52 Å². The van der Waals surface area contributed by atoms with Crippen LogP contribution < -0.4 is 5.32 Å². The van der Waals surface area contributed by atoms with E-state index in [1.54, 1.807) is 0 Å². The highest BCUT2D eigenvalue weighted by Crippen LogP contribution is 2.20. The zero-order valence-corrected chi connectivity index (χ0v) is 13.2. The number of aromatic nitrogens is 2. The van der Waals surface area contributed by atoms with Gasteiger partial charge in [-0.25, -0.2) is 0 Å². The largest absolute Gasteiger partial charge is 0.465 e. The van der Waals surface area contributed by atoms with Crippen LogP contribution in [0.2, 0.25) is 0 Å². The molecular weight excluding hydrogens is 272 g/mol. The lowest BCUT2D eigenvalue weighted by Crippen LogP contribution is -2.55. The zero-order chi connectivity index (χ0) is 15.5. The molecule has 2 heterocycles. The summed E-state index contributed by atoms with van der Waals surface area (Å²) in [6.45, 7) is 10.9. The van der Waals surface area contributed by atoms with Crippen molar-refractivity contribution in [2.24, 2.45) is 0 Å². The van der Waals surface area contributed by atoms with Crippen LogP contribution in [0.25, 0.3) is 0 Å². The van der Waals surface area contributed by atoms with Crippen molar-refractivity contribution in [2.45, 2.75) is 45.7 Å². The average Bonchev–Trinajstić information content (AvgIpc) is 2.88. The Morgan fingerprint density at radius 3 is 2.90 bits per heavy atom. The molecule has 0 bridgehead atoms. The van der Waals surface area contributed by atoms with Crippen LogP contribution in [0, 0.1) is 0 Å². The predicted octanol–water partition coefficient (Wildman–Crippen LogP) is 0.704. The molecule has 1 unspecified atom stereocenters. The minimum atomic E-state index is -0.296. The Bertz CT molecular complexity index is 481. The van der Waals surface area contributed by atoms with Crippen molar-refractivity contribution in [1.29, 1.82) is 0 Å². The van der Waals surface area contributed by atoms with E-state index in [1.165, 1.54) is 0 Å². The van der Waals surface area contributed by atoms with E-state index >= 15 is 0 Å². The molecule has 1 fully saturated rings. The van der Waals surface area contributed by atoms with Gasteiger partial charge in [-0.1, -0.05) is 25.9 Å². The van der Waals surface area contributed by atoms with E-state index in [2.05, 4.69) is 15.5 Å². The number of ether oxygens (including phenoxy) is 1. The van der Waals surface area contributed by atoms with Crippen LogP contribution in [-0.4, -0.2) is 53.3 Å². The molecule has 118 valence electrons. The maximum atomic E-state index is 12.0. The first-order chi connectivity index (χ1) is 9.91. The lowest BCUT2D eigenvalue weighted by atomic mass is 9.97. The summed E-state index contributed by atoms with van der Waals surface area (Å²) in [4.78, 5) is 18.5. The van der Waals surface area contributed by atoms with Crippen molar-refractivity contribution in [3.63, 3.8) is 0 Å². The monoisotopic (exact) mass is 296 g/mol. The van der Waals surface area contributed by atoms with Crippen molar-refractivity contribution >= 4 is 5.97 Å². The number of rotatable bonds is 4. The molecule has 2 rings (SSSR count). The molecule has 0 saturated carbocycles. The smallest absolute Gasteiger partial charge is 0.324 e. The van der Waals surface area contributed by atoms with Gasteiger partial charge in [0.15, 0.2) is 5.82 Å². The number of hydrogen-bond donors (Lipinski definition) is 1. The summed E-state index contributed by atoms with van der Waals surface area (Å²) in [7, 11) is 0. The summed E-state index contributed by atoms with van der Waals surface area (Å²) in [6, 6.07) is -0.296. The molecule has 7 heteroatoms. The van der Waals surface area contributed by atoms with Gasteiger partial charge in [0, 0.05) is 25.0 Å². The van der Waals surface area contributed by atoms with Crippen molar-refractivity contribution in [1.82, 2.24) is 20.4 Å². The van der Waals surface area contributed by atoms with E-state index in [0.29, 0.717) is 31.4 Å². The van der Waals surface area contributed by atoms with Crippen LogP contribution in [0.4, 0.5) is 0 Å². The van der Waals surface area contributed by atoms with Gasteiger partial charge in [0.05, 0.1) is 13.2 Å². The first-order valence-electron chi connectivity index (χ1n) is 7.36. The molecule has 1 atom stereocenters. The Labute approximate surface area is 125 Å². The number of piperazine rings is 1. The Balaban J connectivity index is 2.05. The van der Waals surface area contributed by atoms with Crippen molar-refractivity contribution in [2.75, 3.05) is 26.2 Å². The molecule has 0 radical (unpaired) electrons. The quantitative estimate of drug-likeness (QED) is 0.819. The number of nitrogens with zero attached hydrogens (tertiary/aromatic N) is 3. The third-order valence-electron chi connectivity index (χ3n) is 3.37. The van der Waals surface area contributed by atoms with Gasteiger partial charge in [0.2, 0.25) is 5.89 Å². The molecule has 21 heavy (non-hydrogen) atoms. The molecule has 0 aliphatic carbocycles. The van der Waals surface area contributed by atoms with Crippen molar-refractivity contribution < 1.29 is 14.1 Å². The Morgan fingerprint density at radius 1 is 1.52 bits per heavy atom. The summed E-state index contributed by atoms with van der Waals surface area (Å²) in [5, 5.41) is 7.23. The van der Waals surface area contributed by atoms with Gasteiger partial charge in [-0.3, -0.25) is 9.69 Å². The molecule has 0 amide bonds. The fraction of sp³-hybridized carbons (Fsp3) is 0.786. The molecule has 1 aromatic rings. The zero-order valence-electron chi connectivity index (χ0n) is 13.2. The van der Waals surface area contributed by atoms with E-state index in [0.717, 1.165) is 13.1 Å². The second-order valence-corrected chi connectivity index (χ2v) is 6.21. The molecule has 7 nitrogen and oxygen atoms in total. The standard InChI is InChI=1S/C14H24N4O3/c1-5-20-12(19)10-8-15-6-7-18(10)9-11-16-13(21-17-11)14(2,3)4/h10,15H,5-9H2,1-4H3. The molecule has 1 aliphatic heterocycles. The molecule has 1 saturated heterocycles. The van der Waals surface area contributed by atoms with Crippen LogP contribution in [0.5, 0.6) is 0 Å². The van der Waals surface area contributed by atoms with Gasteiger partial charge < -0.3 is 14.6 Å². The van der Waals surface area contributed by atoms with E-state index in [4.69, 9.17) is 9.26 Å². The first kappa shape index (κ1) is 15.9. The molecular formula is C14H24N4O3. The lowest BCUT2D eigenvalue weighted by molar-refractivity contribution is -0.150. The topological polar surface area (TPSA) is 80.5 Å². The highest BCUT2D eigenvalue weighted by molar-refractivity contribution is 5.76. The van der Waals surface area contributed by atoms with E-state index in [9.17, 15) is 4.79 Å². The maximum Gasteiger partial charge on any atom is 0.324 e. The Hall–Kier alpha value is -1.47. The van der Waals surface area contributed by atoms with Crippen molar-refractivity contribution in [3.05, 3.63) is 11.7 Å². The first-order valence-corrected chi connectivity index (χ1v) is 7.36. The van der Waals surface area contributed by atoms with Crippen molar-refractivity contribution in [3.8, 4) is 0 Å². The molecule has 0 aromatic carbocycles. The van der Waals surface area contributed by atoms with Gasteiger partial charge in [0.1, 0.15) is 6.04 Å². The number of carbonyl (C=O) groups is 1. The number of carbonyl (C=O) groups excluding carboxylic acids is 1. The predicted molar refractivity (Wildman–Crippen MR) is 76.7 cm³/mol. The Morgan fingerprint density at radius 2 is 2.29 bits per heavy atom.